The Balaban J connectivity index is 2.59. The maximum atomic E-state index is 11.5. The molecule has 1 aromatic carbocycles. The number of nitriles is 1. The molecule has 2 unspecified atom stereocenters. The van der Waals surface area contributed by atoms with Crippen LogP contribution in [0.5, 0.6) is 0 Å². The zero-order valence-corrected chi connectivity index (χ0v) is 14.1. The Bertz CT molecular complexity index is 593. The number of rotatable bonds is 5. The molecule has 0 aliphatic carbocycles. The van der Waals surface area contributed by atoms with Crippen molar-refractivity contribution in [3.63, 3.8) is 0 Å². The van der Waals surface area contributed by atoms with Gasteiger partial charge in [-0.1, -0.05) is 11.6 Å². The average molecular weight is 341 g/mol. The van der Waals surface area contributed by atoms with E-state index in [2.05, 4.69) is 5.32 Å². The van der Waals surface area contributed by atoms with Crippen LogP contribution in [0.25, 0.3) is 0 Å². The minimum atomic E-state index is -1.27. The lowest BCUT2D eigenvalue weighted by atomic mass is 9.97. The average Bonchev–Trinajstić information content (AvgIpc) is 2.44. The van der Waals surface area contributed by atoms with Crippen LogP contribution in [0.2, 0.25) is 5.02 Å². The van der Waals surface area contributed by atoms with E-state index in [9.17, 15) is 15.0 Å². The highest BCUT2D eigenvalue weighted by Gasteiger charge is 2.22. The van der Waals surface area contributed by atoms with Gasteiger partial charge in [0, 0.05) is 17.1 Å². The Hall–Kier alpha value is -1.81. The van der Waals surface area contributed by atoms with Crippen molar-refractivity contribution >= 4 is 17.7 Å². The number of nitrogens with one attached hydrogen (secondary N) is 1. The summed E-state index contributed by atoms with van der Waals surface area (Å²) >= 11 is 5.85. The number of aliphatic hydroxyl groups excluding tert-OH is 2. The van der Waals surface area contributed by atoms with E-state index >= 15 is 0 Å². The third kappa shape index (κ3) is 6.45. The predicted molar refractivity (Wildman–Crippen MR) is 86.0 cm³/mol. The second kappa shape index (κ2) is 8.16. The molecular formula is C16H21ClN2O4. The largest absolute Gasteiger partial charge is 0.444 e. The molecule has 0 bridgehead atoms. The summed E-state index contributed by atoms with van der Waals surface area (Å²) in [4.78, 5) is 11.5. The Morgan fingerprint density at radius 2 is 2.09 bits per heavy atom. The summed E-state index contributed by atoms with van der Waals surface area (Å²) in [6.45, 7) is 5.35. The lowest BCUT2D eigenvalue weighted by molar-refractivity contribution is 0.0121. The van der Waals surface area contributed by atoms with Gasteiger partial charge in [0.2, 0.25) is 0 Å². The smallest absolute Gasteiger partial charge is 0.407 e. The normalized spacial score (nSPS) is 13.8. The van der Waals surface area contributed by atoms with Crippen molar-refractivity contribution in [3.05, 3.63) is 34.3 Å². The van der Waals surface area contributed by atoms with Gasteiger partial charge in [0.15, 0.2) is 0 Å². The van der Waals surface area contributed by atoms with Crippen LogP contribution >= 0.6 is 11.6 Å². The Morgan fingerprint density at radius 3 is 2.65 bits per heavy atom. The third-order valence-electron chi connectivity index (χ3n) is 2.93. The second-order valence-corrected chi connectivity index (χ2v) is 6.51. The molecule has 0 aliphatic heterocycles. The number of alkyl carbamates (subject to hydrolysis) is 1. The van der Waals surface area contributed by atoms with Crippen LogP contribution in [0.1, 0.15) is 44.4 Å². The van der Waals surface area contributed by atoms with Gasteiger partial charge in [0.25, 0.3) is 0 Å². The predicted octanol–water partition coefficient (Wildman–Crippen LogP) is 2.52. The van der Waals surface area contributed by atoms with Gasteiger partial charge < -0.3 is 20.3 Å². The van der Waals surface area contributed by atoms with Crippen LogP contribution in [-0.2, 0) is 4.74 Å². The third-order valence-corrected chi connectivity index (χ3v) is 3.16. The van der Waals surface area contributed by atoms with Crippen molar-refractivity contribution < 1.29 is 19.7 Å². The first-order chi connectivity index (χ1) is 10.6. The first-order valence-corrected chi connectivity index (χ1v) is 7.54. The number of carbonyl (C=O) groups excluding carboxylic acids is 1. The van der Waals surface area contributed by atoms with E-state index in [0.717, 1.165) is 0 Å². The van der Waals surface area contributed by atoms with E-state index in [-0.39, 0.29) is 24.1 Å². The molecule has 1 rings (SSSR count). The van der Waals surface area contributed by atoms with Gasteiger partial charge in [-0.05, 0) is 45.4 Å². The molecule has 0 spiro atoms. The van der Waals surface area contributed by atoms with Crippen molar-refractivity contribution in [2.24, 2.45) is 0 Å². The van der Waals surface area contributed by atoms with E-state index < -0.39 is 23.9 Å². The molecule has 126 valence electrons. The van der Waals surface area contributed by atoms with Gasteiger partial charge in [-0.3, -0.25) is 0 Å². The highest BCUT2D eigenvalue weighted by molar-refractivity contribution is 6.30. The van der Waals surface area contributed by atoms with Gasteiger partial charge in [-0.2, -0.15) is 5.26 Å². The quantitative estimate of drug-likeness (QED) is 0.764. The highest BCUT2D eigenvalue weighted by atomic mass is 35.5. The maximum Gasteiger partial charge on any atom is 0.407 e. The standard InChI is InChI=1S/C16H21ClN2O4/c1-16(2,3)23-15(22)19-7-6-13(20)14(21)12-8-11(17)5-4-10(12)9-18/h4-5,8,13-14,20-21H,6-7H2,1-3H3,(H,19,22). The molecule has 3 N–H and O–H groups in total. The number of carbonyl (C=O) groups is 1. The molecule has 0 heterocycles. The van der Waals surface area contributed by atoms with Gasteiger partial charge in [0.05, 0.1) is 17.7 Å². The molecule has 2 atom stereocenters. The van der Waals surface area contributed by atoms with Crippen LogP contribution in [0.3, 0.4) is 0 Å². The molecule has 7 heteroatoms. The number of amides is 1. The van der Waals surface area contributed by atoms with Crippen molar-refractivity contribution in [3.8, 4) is 6.07 Å². The van der Waals surface area contributed by atoms with Crippen LogP contribution in [0, 0.1) is 11.3 Å². The summed E-state index contributed by atoms with van der Waals surface area (Å²) in [5.41, 5.74) is -0.115. The number of ether oxygens (including phenoxy) is 1. The molecule has 6 nitrogen and oxygen atoms in total. The van der Waals surface area contributed by atoms with Crippen molar-refractivity contribution in [1.29, 1.82) is 5.26 Å². The summed E-state index contributed by atoms with van der Waals surface area (Å²) in [6.07, 6.45) is -2.93. The Labute approximate surface area is 140 Å². The molecular weight excluding hydrogens is 320 g/mol. The molecule has 0 radical (unpaired) electrons. The Morgan fingerprint density at radius 1 is 1.43 bits per heavy atom. The summed E-state index contributed by atoms with van der Waals surface area (Å²) in [5, 5.41) is 32.1. The molecule has 1 aromatic rings. The summed E-state index contributed by atoms with van der Waals surface area (Å²) in [5.74, 6) is 0. The van der Waals surface area contributed by atoms with E-state index in [4.69, 9.17) is 21.6 Å². The molecule has 0 aromatic heterocycles. The zero-order valence-electron chi connectivity index (χ0n) is 13.3. The van der Waals surface area contributed by atoms with Crippen molar-refractivity contribution in [1.82, 2.24) is 5.32 Å². The van der Waals surface area contributed by atoms with Crippen LogP contribution < -0.4 is 5.32 Å². The lowest BCUT2D eigenvalue weighted by Crippen LogP contribution is -2.34. The molecule has 0 fully saturated rings. The molecule has 0 saturated heterocycles. The van der Waals surface area contributed by atoms with Gasteiger partial charge >= 0.3 is 6.09 Å². The summed E-state index contributed by atoms with van der Waals surface area (Å²) in [7, 11) is 0. The minimum absolute atomic E-state index is 0.0950. The minimum Gasteiger partial charge on any atom is -0.444 e. The second-order valence-electron chi connectivity index (χ2n) is 6.07. The van der Waals surface area contributed by atoms with Crippen LogP contribution in [0.15, 0.2) is 18.2 Å². The first-order valence-electron chi connectivity index (χ1n) is 7.16. The fourth-order valence-electron chi connectivity index (χ4n) is 1.88. The fraction of sp³-hybridized carbons (Fsp3) is 0.500. The summed E-state index contributed by atoms with van der Waals surface area (Å²) < 4.78 is 5.06. The number of hydrogen-bond acceptors (Lipinski definition) is 5. The molecule has 0 aliphatic rings. The number of hydrogen-bond donors (Lipinski definition) is 3. The van der Waals surface area contributed by atoms with Gasteiger partial charge in [-0.25, -0.2) is 4.79 Å². The number of nitrogens with zero attached hydrogens (tertiary/aromatic N) is 1. The fourth-order valence-corrected chi connectivity index (χ4v) is 2.06. The van der Waals surface area contributed by atoms with Gasteiger partial charge in [0.1, 0.15) is 11.7 Å². The van der Waals surface area contributed by atoms with E-state index in [1.165, 1.54) is 18.2 Å². The lowest BCUT2D eigenvalue weighted by Gasteiger charge is -2.21. The van der Waals surface area contributed by atoms with Crippen LogP contribution in [0.4, 0.5) is 4.79 Å². The molecule has 0 saturated carbocycles. The highest BCUT2D eigenvalue weighted by Crippen LogP contribution is 2.25. The van der Waals surface area contributed by atoms with Gasteiger partial charge in [-0.15, -0.1) is 0 Å². The van der Waals surface area contributed by atoms with Crippen LogP contribution in [-0.4, -0.2) is 34.6 Å². The van der Waals surface area contributed by atoms with Crippen molar-refractivity contribution in [2.75, 3.05) is 6.54 Å². The SMILES string of the molecule is CC(C)(C)OC(=O)NCCC(O)C(O)c1cc(Cl)ccc1C#N. The number of benzene rings is 1. The van der Waals surface area contributed by atoms with Crippen molar-refractivity contribution in [2.45, 2.75) is 45.0 Å². The number of halogens is 1. The first kappa shape index (κ1) is 19.2. The molecule has 23 heavy (non-hydrogen) atoms. The Kier molecular flexibility index (Phi) is 6.82. The summed E-state index contributed by atoms with van der Waals surface area (Å²) in [6, 6.07) is 6.39. The monoisotopic (exact) mass is 340 g/mol. The van der Waals surface area contributed by atoms with E-state index in [1.807, 2.05) is 6.07 Å². The van der Waals surface area contributed by atoms with E-state index in [0.29, 0.717) is 5.02 Å². The topological polar surface area (TPSA) is 103 Å². The number of aliphatic hydroxyl groups is 2. The molecule has 1 amide bonds. The maximum absolute atomic E-state index is 11.5. The zero-order chi connectivity index (χ0) is 17.6. The van der Waals surface area contributed by atoms with E-state index in [1.54, 1.807) is 20.8 Å².